The summed E-state index contributed by atoms with van der Waals surface area (Å²) in [4.78, 5) is 12.2. The zero-order valence-electron chi connectivity index (χ0n) is 11.9. The van der Waals surface area contributed by atoms with Crippen molar-refractivity contribution in [2.24, 2.45) is 11.8 Å². The molecule has 0 spiro atoms. The van der Waals surface area contributed by atoms with Gasteiger partial charge in [-0.15, -0.1) is 0 Å². The first kappa shape index (κ1) is 12.7. The standard InChI is InChI=1S/C17H23NO/c1-11-3-4-12(2)15(7-11)10-17(19)18-16-9-13-5-6-14(16)8-13/h3-4,7,13-14,16H,5-6,8-10H2,1-2H3,(H,18,19)/t13-,14-,16-/m1/s1. The van der Waals surface area contributed by atoms with Gasteiger partial charge < -0.3 is 5.32 Å². The van der Waals surface area contributed by atoms with Crippen LogP contribution in [0.5, 0.6) is 0 Å². The molecule has 2 fully saturated rings. The first-order chi connectivity index (χ1) is 9.11. The molecule has 3 atom stereocenters. The Labute approximate surface area is 115 Å². The van der Waals surface area contributed by atoms with Crippen LogP contribution < -0.4 is 5.32 Å². The molecule has 102 valence electrons. The maximum absolute atomic E-state index is 12.2. The largest absolute Gasteiger partial charge is 0.353 e. The molecule has 3 rings (SSSR count). The molecule has 2 aliphatic carbocycles. The zero-order chi connectivity index (χ0) is 13.4. The van der Waals surface area contributed by atoms with E-state index in [9.17, 15) is 4.79 Å². The lowest BCUT2D eigenvalue weighted by Crippen LogP contribution is -2.39. The average Bonchev–Trinajstić information content (AvgIpc) is 2.96. The fourth-order valence-electron chi connectivity index (χ4n) is 3.84. The van der Waals surface area contributed by atoms with Gasteiger partial charge >= 0.3 is 0 Å². The minimum absolute atomic E-state index is 0.200. The Bertz CT molecular complexity index is 494. The van der Waals surface area contributed by atoms with Crippen LogP contribution in [0.2, 0.25) is 0 Å². The van der Waals surface area contributed by atoms with Crippen molar-refractivity contribution in [3.8, 4) is 0 Å². The van der Waals surface area contributed by atoms with E-state index >= 15 is 0 Å². The van der Waals surface area contributed by atoms with Gasteiger partial charge in [0.25, 0.3) is 0 Å². The number of hydrogen-bond donors (Lipinski definition) is 1. The van der Waals surface area contributed by atoms with Gasteiger partial charge in [-0.05, 0) is 56.1 Å². The highest BCUT2D eigenvalue weighted by Crippen LogP contribution is 2.44. The molecular weight excluding hydrogens is 234 g/mol. The second-order valence-corrected chi connectivity index (χ2v) is 6.46. The van der Waals surface area contributed by atoms with Crippen LogP contribution in [0.4, 0.5) is 0 Å². The van der Waals surface area contributed by atoms with E-state index in [0.29, 0.717) is 12.5 Å². The van der Waals surface area contributed by atoms with E-state index in [-0.39, 0.29) is 5.91 Å². The molecule has 2 saturated carbocycles. The number of rotatable bonds is 3. The highest BCUT2D eigenvalue weighted by atomic mass is 16.1. The van der Waals surface area contributed by atoms with Crippen LogP contribution in [-0.4, -0.2) is 11.9 Å². The third-order valence-electron chi connectivity index (χ3n) is 4.94. The SMILES string of the molecule is Cc1ccc(C)c(CC(=O)N[C@@H]2C[C@@H]3CC[C@@H]2C3)c1. The van der Waals surface area contributed by atoms with Gasteiger partial charge in [0.1, 0.15) is 0 Å². The minimum Gasteiger partial charge on any atom is -0.353 e. The molecule has 1 aromatic rings. The monoisotopic (exact) mass is 257 g/mol. The molecule has 1 N–H and O–H groups in total. The number of carbonyl (C=O) groups excluding carboxylic acids is 1. The number of carbonyl (C=O) groups is 1. The Balaban J connectivity index is 1.61. The van der Waals surface area contributed by atoms with Crippen LogP contribution in [0, 0.1) is 25.7 Å². The first-order valence-electron chi connectivity index (χ1n) is 7.47. The summed E-state index contributed by atoms with van der Waals surface area (Å²) in [5.41, 5.74) is 3.61. The van der Waals surface area contributed by atoms with Crippen molar-refractivity contribution in [3.63, 3.8) is 0 Å². The average molecular weight is 257 g/mol. The normalized spacial score (nSPS) is 28.6. The second kappa shape index (κ2) is 4.99. The van der Waals surface area contributed by atoms with Crippen LogP contribution in [0.3, 0.4) is 0 Å². The summed E-state index contributed by atoms with van der Waals surface area (Å²) >= 11 is 0. The molecular formula is C17H23NO. The zero-order valence-corrected chi connectivity index (χ0v) is 11.9. The molecule has 2 bridgehead atoms. The van der Waals surface area contributed by atoms with Crippen LogP contribution in [0.25, 0.3) is 0 Å². The van der Waals surface area contributed by atoms with Crippen LogP contribution in [0.15, 0.2) is 18.2 Å². The van der Waals surface area contributed by atoms with Gasteiger partial charge in [-0.1, -0.05) is 30.2 Å². The fraction of sp³-hybridized carbons (Fsp3) is 0.588. The van der Waals surface area contributed by atoms with E-state index in [4.69, 9.17) is 0 Å². The van der Waals surface area contributed by atoms with Crippen LogP contribution in [-0.2, 0) is 11.2 Å². The highest BCUT2D eigenvalue weighted by Gasteiger charge is 2.39. The Morgan fingerprint density at radius 2 is 2.11 bits per heavy atom. The lowest BCUT2D eigenvalue weighted by Gasteiger charge is -2.23. The Morgan fingerprint density at radius 1 is 1.26 bits per heavy atom. The predicted octanol–water partition coefficient (Wildman–Crippen LogP) is 3.15. The smallest absolute Gasteiger partial charge is 0.224 e. The Kier molecular flexibility index (Phi) is 3.34. The molecule has 0 radical (unpaired) electrons. The molecule has 2 aliphatic rings. The Morgan fingerprint density at radius 3 is 2.79 bits per heavy atom. The van der Waals surface area contributed by atoms with E-state index in [0.717, 1.165) is 11.8 Å². The maximum atomic E-state index is 12.2. The van der Waals surface area contributed by atoms with E-state index in [1.54, 1.807) is 0 Å². The third-order valence-corrected chi connectivity index (χ3v) is 4.94. The topological polar surface area (TPSA) is 29.1 Å². The number of benzene rings is 1. The first-order valence-corrected chi connectivity index (χ1v) is 7.47. The van der Waals surface area contributed by atoms with Gasteiger partial charge in [-0.2, -0.15) is 0 Å². The van der Waals surface area contributed by atoms with Crippen molar-refractivity contribution < 1.29 is 4.79 Å². The Hall–Kier alpha value is -1.31. The van der Waals surface area contributed by atoms with Gasteiger partial charge in [0.15, 0.2) is 0 Å². The molecule has 2 nitrogen and oxygen atoms in total. The van der Waals surface area contributed by atoms with Crippen molar-refractivity contribution in [3.05, 3.63) is 34.9 Å². The van der Waals surface area contributed by atoms with E-state index in [1.807, 2.05) is 0 Å². The summed E-state index contributed by atoms with van der Waals surface area (Å²) in [5.74, 6) is 1.84. The van der Waals surface area contributed by atoms with E-state index in [1.165, 1.54) is 42.4 Å². The molecule has 0 aliphatic heterocycles. The quantitative estimate of drug-likeness (QED) is 0.885. The van der Waals surface area contributed by atoms with Crippen LogP contribution in [0.1, 0.15) is 42.4 Å². The van der Waals surface area contributed by atoms with Gasteiger partial charge in [-0.25, -0.2) is 0 Å². The summed E-state index contributed by atoms with van der Waals surface area (Å²) in [5, 5.41) is 3.27. The summed E-state index contributed by atoms with van der Waals surface area (Å²) in [7, 11) is 0. The number of aryl methyl sites for hydroxylation is 2. The van der Waals surface area contributed by atoms with Gasteiger partial charge in [-0.3, -0.25) is 4.79 Å². The van der Waals surface area contributed by atoms with E-state index < -0.39 is 0 Å². The molecule has 1 amide bonds. The molecule has 0 unspecified atom stereocenters. The fourth-order valence-corrected chi connectivity index (χ4v) is 3.84. The number of fused-ring (bicyclic) bond motifs is 2. The van der Waals surface area contributed by atoms with Gasteiger partial charge in [0, 0.05) is 6.04 Å². The molecule has 0 heterocycles. The summed E-state index contributed by atoms with van der Waals surface area (Å²) in [6, 6.07) is 6.80. The molecule has 2 heteroatoms. The lowest BCUT2D eigenvalue weighted by molar-refractivity contribution is -0.121. The van der Waals surface area contributed by atoms with Crippen molar-refractivity contribution >= 4 is 5.91 Å². The minimum atomic E-state index is 0.200. The molecule has 1 aromatic carbocycles. The number of nitrogens with one attached hydrogen (secondary N) is 1. The van der Waals surface area contributed by atoms with Crippen molar-refractivity contribution in [1.82, 2.24) is 5.32 Å². The maximum Gasteiger partial charge on any atom is 0.224 e. The molecule has 0 aromatic heterocycles. The van der Waals surface area contributed by atoms with Gasteiger partial charge in [0.2, 0.25) is 5.91 Å². The highest BCUT2D eigenvalue weighted by molar-refractivity contribution is 5.79. The summed E-state index contributed by atoms with van der Waals surface area (Å²) in [6.07, 6.45) is 5.78. The molecule has 0 saturated heterocycles. The van der Waals surface area contributed by atoms with Crippen molar-refractivity contribution in [1.29, 1.82) is 0 Å². The molecule has 19 heavy (non-hydrogen) atoms. The number of hydrogen-bond acceptors (Lipinski definition) is 1. The third kappa shape index (κ3) is 2.68. The van der Waals surface area contributed by atoms with Crippen molar-refractivity contribution in [2.45, 2.75) is 52.0 Å². The number of amides is 1. The summed E-state index contributed by atoms with van der Waals surface area (Å²) in [6.45, 7) is 4.16. The van der Waals surface area contributed by atoms with E-state index in [2.05, 4.69) is 37.4 Å². The van der Waals surface area contributed by atoms with Gasteiger partial charge in [0.05, 0.1) is 6.42 Å². The van der Waals surface area contributed by atoms with Crippen molar-refractivity contribution in [2.75, 3.05) is 0 Å². The predicted molar refractivity (Wildman–Crippen MR) is 77.0 cm³/mol. The lowest BCUT2D eigenvalue weighted by atomic mass is 9.95. The summed E-state index contributed by atoms with van der Waals surface area (Å²) < 4.78 is 0. The van der Waals surface area contributed by atoms with Crippen LogP contribution >= 0.6 is 0 Å². The second-order valence-electron chi connectivity index (χ2n) is 6.46.